The molecule has 3 N–H and O–H groups in total. The van der Waals surface area contributed by atoms with Crippen molar-refractivity contribution >= 4 is 11.8 Å². The Bertz CT molecular complexity index is 591. The highest BCUT2D eigenvalue weighted by Crippen LogP contribution is 2.28. The van der Waals surface area contributed by atoms with Crippen LogP contribution in [-0.4, -0.2) is 51.2 Å². The zero-order chi connectivity index (χ0) is 17.5. The number of piperidine rings is 1. The second-order valence-electron chi connectivity index (χ2n) is 5.88. The lowest BCUT2D eigenvalue weighted by Gasteiger charge is -2.28. The van der Waals surface area contributed by atoms with Gasteiger partial charge >= 0.3 is 0 Å². The van der Waals surface area contributed by atoms with Crippen molar-refractivity contribution in [2.45, 2.75) is 31.8 Å². The maximum atomic E-state index is 12.4. The first kappa shape index (κ1) is 18.1. The van der Waals surface area contributed by atoms with Crippen molar-refractivity contribution < 1.29 is 19.1 Å². The largest absolute Gasteiger partial charge is 0.493 e. The van der Waals surface area contributed by atoms with Crippen LogP contribution in [0.4, 0.5) is 0 Å². The highest BCUT2D eigenvalue weighted by Gasteiger charge is 2.21. The van der Waals surface area contributed by atoms with Crippen molar-refractivity contribution in [2.24, 2.45) is 0 Å². The normalized spacial score (nSPS) is 20.1. The van der Waals surface area contributed by atoms with Gasteiger partial charge in [-0.3, -0.25) is 9.59 Å². The van der Waals surface area contributed by atoms with Crippen LogP contribution in [0.5, 0.6) is 11.5 Å². The predicted octanol–water partition coefficient (Wildman–Crippen LogP) is 0.690. The van der Waals surface area contributed by atoms with Crippen LogP contribution < -0.4 is 25.4 Å². The quantitative estimate of drug-likeness (QED) is 0.712. The number of benzene rings is 1. The number of carbonyl (C=O) groups excluding carboxylic acids is 2. The number of likely N-dealkylation sites (N-methyl/N-ethyl adjacent to an activating group) is 1. The maximum Gasteiger partial charge on any atom is 0.257 e. The molecule has 2 rings (SSSR count). The molecule has 0 saturated carbocycles. The summed E-state index contributed by atoms with van der Waals surface area (Å²) in [6, 6.07) is 5.51. The van der Waals surface area contributed by atoms with Gasteiger partial charge < -0.3 is 25.4 Å². The second kappa shape index (κ2) is 8.54. The topological polar surface area (TPSA) is 88.7 Å². The molecule has 0 spiro atoms. The Kier molecular flexibility index (Phi) is 6.43. The fourth-order valence-corrected chi connectivity index (χ4v) is 2.68. The predicted molar refractivity (Wildman–Crippen MR) is 90.5 cm³/mol. The van der Waals surface area contributed by atoms with Crippen molar-refractivity contribution in [3.05, 3.63) is 23.8 Å². The number of hydrogen-bond donors (Lipinski definition) is 3. The Morgan fingerprint density at radius 1 is 1.33 bits per heavy atom. The van der Waals surface area contributed by atoms with E-state index < -0.39 is 0 Å². The van der Waals surface area contributed by atoms with E-state index in [1.54, 1.807) is 18.2 Å². The van der Waals surface area contributed by atoms with Crippen molar-refractivity contribution in [3.8, 4) is 11.5 Å². The zero-order valence-corrected chi connectivity index (χ0v) is 14.3. The summed E-state index contributed by atoms with van der Waals surface area (Å²) in [5.41, 5.74) is 0.505. The third kappa shape index (κ3) is 4.86. The minimum atomic E-state index is -0.237. The van der Waals surface area contributed by atoms with Crippen LogP contribution in [0.2, 0.25) is 0 Å². The molecule has 0 aliphatic carbocycles. The van der Waals surface area contributed by atoms with E-state index in [-0.39, 0.29) is 24.5 Å². The molecule has 1 aliphatic rings. The zero-order valence-electron chi connectivity index (χ0n) is 14.3. The van der Waals surface area contributed by atoms with Gasteiger partial charge in [0.2, 0.25) is 0 Å². The Balaban J connectivity index is 2.02. The van der Waals surface area contributed by atoms with Gasteiger partial charge in [0.25, 0.3) is 11.8 Å². The molecule has 1 fully saturated rings. The minimum Gasteiger partial charge on any atom is -0.493 e. The Hall–Kier alpha value is -2.28. The molecular weight excluding hydrogens is 310 g/mol. The molecule has 132 valence electrons. The van der Waals surface area contributed by atoms with Gasteiger partial charge in [0.05, 0.1) is 7.11 Å². The molecule has 1 heterocycles. The second-order valence-corrected chi connectivity index (χ2v) is 5.88. The number of carbonyl (C=O) groups is 2. The molecule has 1 saturated heterocycles. The Morgan fingerprint density at radius 3 is 2.79 bits per heavy atom. The number of nitrogens with one attached hydrogen (secondary N) is 3. The Labute approximate surface area is 142 Å². The van der Waals surface area contributed by atoms with Crippen LogP contribution in [0, 0.1) is 0 Å². The van der Waals surface area contributed by atoms with Gasteiger partial charge in [-0.2, -0.15) is 0 Å². The van der Waals surface area contributed by atoms with Crippen LogP contribution >= 0.6 is 0 Å². The van der Waals surface area contributed by atoms with E-state index in [9.17, 15) is 9.59 Å². The molecule has 2 amide bonds. The van der Waals surface area contributed by atoms with E-state index in [0.717, 1.165) is 19.4 Å². The van der Waals surface area contributed by atoms with Gasteiger partial charge in [0, 0.05) is 24.7 Å². The van der Waals surface area contributed by atoms with Gasteiger partial charge in [0.1, 0.15) is 0 Å². The van der Waals surface area contributed by atoms with Gasteiger partial charge in [0.15, 0.2) is 18.1 Å². The summed E-state index contributed by atoms with van der Waals surface area (Å²) in [5, 5.41) is 8.89. The van der Waals surface area contributed by atoms with E-state index in [1.807, 2.05) is 0 Å². The maximum absolute atomic E-state index is 12.4. The number of ether oxygens (including phenoxy) is 2. The van der Waals surface area contributed by atoms with Crippen LogP contribution in [-0.2, 0) is 4.79 Å². The molecule has 2 atom stereocenters. The van der Waals surface area contributed by atoms with Gasteiger partial charge in [-0.05, 0) is 44.5 Å². The van der Waals surface area contributed by atoms with Crippen LogP contribution in [0.3, 0.4) is 0 Å². The Morgan fingerprint density at radius 2 is 2.12 bits per heavy atom. The number of hydrogen-bond acceptors (Lipinski definition) is 5. The average Bonchev–Trinajstić information content (AvgIpc) is 2.59. The molecule has 1 aliphatic heterocycles. The summed E-state index contributed by atoms with van der Waals surface area (Å²) in [6.07, 6.45) is 1.83. The number of amides is 2. The minimum absolute atomic E-state index is 0.106. The molecule has 0 aromatic heterocycles. The highest BCUT2D eigenvalue weighted by atomic mass is 16.5. The first-order chi connectivity index (χ1) is 11.5. The molecule has 1 aromatic rings. The third-order valence-electron chi connectivity index (χ3n) is 4.02. The lowest BCUT2D eigenvalue weighted by Crippen LogP contribution is -2.46. The molecular formula is C17H25N3O4. The van der Waals surface area contributed by atoms with Crippen LogP contribution in [0.25, 0.3) is 0 Å². The fourth-order valence-electron chi connectivity index (χ4n) is 2.68. The molecule has 0 bridgehead atoms. The van der Waals surface area contributed by atoms with E-state index in [4.69, 9.17) is 9.47 Å². The van der Waals surface area contributed by atoms with E-state index in [0.29, 0.717) is 23.1 Å². The standard InChI is InChI=1S/C17H25N3O4/c1-11-8-13(6-7-19-11)20-17(22)12-4-5-14(15(9-12)23-3)24-10-16(21)18-2/h4-5,9,11,13,19H,6-8,10H2,1-3H3,(H,18,21)(H,20,22). The third-order valence-corrected chi connectivity index (χ3v) is 4.02. The van der Waals surface area contributed by atoms with Gasteiger partial charge in [-0.25, -0.2) is 0 Å². The van der Waals surface area contributed by atoms with Crippen molar-refractivity contribution in [1.82, 2.24) is 16.0 Å². The summed E-state index contributed by atoms with van der Waals surface area (Å²) >= 11 is 0. The molecule has 7 nitrogen and oxygen atoms in total. The number of rotatable bonds is 6. The number of methoxy groups -OCH3 is 1. The molecule has 24 heavy (non-hydrogen) atoms. The van der Waals surface area contributed by atoms with E-state index >= 15 is 0 Å². The molecule has 0 radical (unpaired) electrons. The average molecular weight is 335 g/mol. The van der Waals surface area contributed by atoms with E-state index in [1.165, 1.54) is 14.2 Å². The summed E-state index contributed by atoms with van der Waals surface area (Å²) in [5.74, 6) is 0.475. The lowest BCUT2D eigenvalue weighted by atomic mass is 10.0. The summed E-state index contributed by atoms with van der Waals surface area (Å²) < 4.78 is 10.7. The smallest absolute Gasteiger partial charge is 0.257 e. The van der Waals surface area contributed by atoms with Gasteiger partial charge in [-0.15, -0.1) is 0 Å². The molecule has 7 heteroatoms. The monoisotopic (exact) mass is 335 g/mol. The fraction of sp³-hybridized carbons (Fsp3) is 0.529. The molecule has 2 unspecified atom stereocenters. The SMILES string of the molecule is CNC(=O)COc1ccc(C(=O)NC2CCNC(C)C2)cc1OC. The van der Waals surface area contributed by atoms with Crippen LogP contribution in [0.1, 0.15) is 30.1 Å². The van der Waals surface area contributed by atoms with E-state index in [2.05, 4.69) is 22.9 Å². The van der Waals surface area contributed by atoms with Crippen LogP contribution in [0.15, 0.2) is 18.2 Å². The first-order valence-corrected chi connectivity index (χ1v) is 8.09. The summed E-state index contributed by atoms with van der Waals surface area (Å²) in [6.45, 7) is 2.91. The van der Waals surface area contributed by atoms with Crippen molar-refractivity contribution in [2.75, 3.05) is 27.3 Å². The van der Waals surface area contributed by atoms with Gasteiger partial charge in [-0.1, -0.05) is 0 Å². The van der Waals surface area contributed by atoms with Crippen molar-refractivity contribution in [3.63, 3.8) is 0 Å². The lowest BCUT2D eigenvalue weighted by molar-refractivity contribution is -0.122. The highest BCUT2D eigenvalue weighted by molar-refractivity contribution is 5.95. The molecule has 1 aromatic carbocycles. The summed E-state index contributed by atoms with van der Waals surface area (Å²) in [4.78, 5) is 23.7. The summed E-state index contributed by atoms with van der Waals surface area (Å²) in [7, 11) is 3.04. The first-order valence-electron chi connectivity index (χ1n) is 8.09. The van der Waals surface area contributed by atoms with Crippen molar-refractivity contribution in [1.29, 1.82) is 0 Å².